The Labute approximate surface area is 226 Å². The van der Waals surface area contributed by atoms with Gasteiger partial charge in [-0.25, -0.2) is 4.79 Å². The first-order chi connectivity index (χ1) is 19.1. The van der Waals surface area contributed by atoms with Crippen LogP contribution in [0.4, 0.5) is 18.9 Å². The van der Waals surface area contributed by atoms with E-state index >= 15 is 0 Å². The number of anilines is 1. The third-order valence-electron chi connectivity index (χ3n) is 5.68. The summed E-state index contributed by atoms with van der Waals surface area (Å²) in [5, 5.41) is 2.41. The number of carbonyl (C=O) groups is 2. The molecule has 0 saturated heterocycles. The lowest BCUT2D eigenvalue weighted by molar-refractivity contribution is -0.154. The molecule has 1 amide bonds. The Morgan fingerprint density at radius 3 is 2.23 bits per heavy atom. The van der Waals surface area contributed by atoms with Gasteiger partial charge in [0.05, 0.1) is 17.6 Å². The Kier molecular flexibility index (Phi) is 8.42. The fraction of sp³-hybridized carbons (Fsp3) is 0.207. The second-order valence-electron chi connectivity index (χ2n) is 8.48. The molecule has 0 aliphatic heterocycles. The van der Waals surface area contributed by atoms with Crippen molar-refractivity contribution in [3.63, 3.8) is 0 Å². The molecule has 0 aliphatic rings. The minimum absolute atomic E-state index is 0.000376. The highest BCUT2D eigenvalue weighted by Crippen LogP contribution is 2.38. The molecule has 1 heterocycles. The predicted molar refractivity (Wildman–Crippen MR) is 140 cm³/mol. The first kappa shape index (κ1) is 28.2. The van der Waals surface area contributed by atoms with Crippen molar-refractivity contribution in [2.75, 3.05) is 18.5 Å². The van der Waals surface area contributed by atoms with Crippen LogP contribution in [0.3, 0.4) is 0 Å². The number of carbonyl (C=O) groups excluding carboxylic acids is 2. The summed E-state index contributed by atoms with van der Waals surface area (Å²) < 4.78 is 62.2. The van der Waals surface area contributed by atoms with Gasteiger partial charge >= 0.3 is 12.1 Å². The molecule has 1 N–H and O–H groups in total. The van der Waals surface area contributed by atoms with Crippen LogP contribution in [0.1, 0.15) is 35.5 Å². The van der Waals surface area contributed by atoms with Crippen LogP contribution in [0.5, 0.6) is 17.2 Å². The molecule has 11 heteroatoms. The fourth-order valence-electron chi connectivity index (χ4n) is 3.69. The molecule has 0 unspecified atom stereocenters. The van der Waals surface area contributed by atoms with E-state index in [0.717, 1.165) is 18.1 Å². The highest BCUT2D eigenvalue weighted by Gasteiger charge is 2.40. The van der Waals surface area contributed by atoms with Crippen molar-refractivity contribution >= 4 is 28.5 Å². The van der Waals surface area contributed by atoms with Gasteiger partial charge in [0.25, 0.3) is 11.7 Å². The summed E-state index contributed by atoms with van der Waals surface area (Å²) in [6, 6.07) is 15.9. The highest BCUT2D eigenvalue weighted by atomic mass is 19.4. The van der Waals surface area contributed by atoms with Crippen molar-refractivity contribution in [3.8, 4) is 17.2 Å². The van der Waals surface area contributed by atoms with E-state index in [1.54, 1.807) is 19.1 Å². The van der Waals surface area contributed by atoms with E-state index < -0.39 is 47.2 Å². The summed E-state index contributed by atoms with van der Waals surface area (Å²) in [6.45, 7) is 3.35. The summed E-state index contributed by atoms with van der Waals surface area (Å²) in [7, 11) is 0. The number of hydrogen-bond donors (Lipinski definition) is 1. The standard InChI is InChI=1S/C29H24F3NO7/c1-3-17-5-11-20(12-6-17)39-26-25(35)22-14-13-21(15-23(22)40-27(26)29(30,31)32)38-16-24(34)33-19-9-7-18(8-10-19)28(36)37-4-2/h5-15H,3-4,16H2,1-2H3,(H,33,34). The van der Waals surface area contributed by atoms with Crippen LogP contribution in [-0.4, -0.2) is 25.1 Å². The monoisotopic (exact) mass is 555 g/mol. The molecule has 4 rings (SSSR count). The van der Waals surface area contributed by atoms with Gasteiger partial charge < -0.3 is 23.9 Å². The van der Waals surface area contributed by atoms with Gasteiger partial charge in [-0.15, -0.1) is 0 Å². The first-order valence-corrected chi connectivity index (χ1v) is 12.2. The van der Waals surface area contributed by atoms with Gasteiger partial charge in [-0.05, 0) is 67.4 Å². The zero-order valence-electron chi connectivity index (χ0n) is 21.5. The van der Waals surface area contributed by atoms with Crippen molar-refractivity contribution in [2.45, 2.75) is 26.4 Å². The quantitative estimate of drug-likeness (QED) is 0.240. The Bertz CT molecular complexity index is 1580. The number of amides is 1. The molecule has 208 valence electrons. The zero-order valence-corrected chi connectivity index (χ0v) is 21.5. The Morgan fingerprint density at radius 2 is 1.60 bits per heavy atom. The van der Waals surface area contributed by atoms with Crippen LogP contribution in [0.15, 0.2) is 75.9 Å². The van der Waals surface area contributed by atoms with Crippen molar-refractivity contribution in [1.29, 1.82) is 0 Å². The maximum Gasteiger partial charge on any atom is 0.453 e. The number of fused-ring (bicyclic) bond motifs is 1. The van der Waals surface area contributed by atoms with Crippen LogP contribution in [0, 0.1) is 0 Å². The molecule has 8 nitrogen and oxygen atoms in total. The number of nitrogens with one attached hydrogen (secondary N) is 1. The number of aryl methyl sites for hydroxylation is 1. The van der Waals surface area contributed by atoms with E-state index in [9.17, 15) is 27.6 Å². The smallest absolute Gasteiger partial charge is 0.453 e. The number of benzene rings is 3. The second kappa shape index (κ2) is 11.9. The second-order valence-corrected chi connectivity index (χ2v) is 8.48. The third-order valence-corrected chi connectivity index (χ3v) is 5.68. The van der Waals surface area contributed by atoms with Gasteiger partial charge in [0.1, 0.15) is 17.1 Å². The molecule has 1 aromatic heterocycles. The normalized spacial score (nSPS) is 11.2. The molecule has 0 aliphatic carbocycles. The lowest BCUT2D eigenvalue weighted by Crippen LogP contribution is -2.20. The van der Waals surface area contributed by atoms with Gasteiger partial charge in [-0.2, -0.15) is 13.2 Å². The number of ether oxygens (including phenoxy) is 3. The summed E-state index contributed by atoms with van der Waals surface area (Å²) >= 11 is 0. The first-order valence-electron chi connectivity index (χ1n) is 12.2. The number of rotatable bonds is 9. The van der Waals surface area contributed by atoms with Gasteiger partial charge in [-0.1, -0.05) is 19.1 Å². The maximum absolute atomic E-state index is 13.8. The number of halogens is 3. The molecule has 0 saturated carbocycles. The summed E-state index contributed by atoms with van der Waals surface area (Å²) in [4.78, 5) is 37.0. The third kappa shape index (κ3) is 6.60. The molecule has 0 fully saturated rings. The Balaban J connectivity index is 1.51. The highest BCUT2D eigenvalue weighted by molar-refractivity contribution is 5.93. The minimum atomic E-state index is -5.02. The van der Waals surface area contributed by atoms with Crippen LogP contribution in [0.2, 0.25) is 0 Å². The molecule has 0 spiro atoms. The number of hydrogen-bond acceptors (Lipinski definition) is 7. The number of alkyl halides is 3. The number of esters is 1. The Hall–Kier alpha value is -4.80. The van der Waals surface area contributed by atoms with Crippen LogP contribution < -0.4 is 20.2 Å². The maximum atomic E-state index is 13.8. The lowest BCUT2D eigenvalue weighted by atomic mass is 10.1. The topological polar surface area (TPSA) is 104 Å². The SMILES string of the molecule is CCOC(=O)c1ccc(NC(=O)COc2ccc3c(=O)c(Oc4ccc(CC)cc4)c(C(F)(F)F)oc3c2)cc1. The average molecular weight is 556 g/mol. The van der Waals surface area contributed by atoms with Crippen molar-refractivity contribution in [1.82, 2.24) is 0 Å². The molecular weight excluding hydrogens is 531 g/mol. The summed E-state index contributed by atoms with van der Waals surface area (Å²) in [6.07, 6.45) is -4.30. The van der Waals surface area contributed by atoms with Gasteiger partial charge in [-0.3, -0.25) is 9.59 Å². The molecule has 0 atom stereocenters. The van der Waals surface area contributed by atoms with E-state index in [1.807, 2.05) is 6.92 Å². The van der Waals surface area contributed by atoms with Gasteiger partial charge in [0, 0.05) is 11.8 Å². The predicted octanol–water partition coefficient (Wildman–Crippen LogP) is 6.36. The van der Waals surface area contributed by atoms with Crippen molar-refractivity contribution in [3.05, 3.63) is 93.8 Å². The zero-order chi connectivity index (χ0) is 28.9. The van der Waals surface area contributed by atoms with Crippen LogP contribution in [-0.2, 0) is 22.1 Å². The van der Waals surface area contributed by atoms with E-state index in [2.05, 4.69) is 5.32 Å². The van der Waals surface area contributed by atoms with Crippen LogP contribution in [0.25, 0.3) is 11.0 Å². The molecular formula is C29H24F3NO7. The molecule has 40 heavy (non-hydrogen) atoms. The van der Waals surface area contributed by atoms with E-state index in [0.29, 0.717) is 11.3 Å². The summed E-state index contributed by atoms with van der Waals surface area (Å²) in [5.41, 5.74) is 0.247. The minimum Gasteiger partial charge on any atom is -0.484 e. The Morgan fingerprint density at radius 1 is 0.925 bits per heavy atom. The van der Waals surface area contributed by atoms with Gasteiger partial charge in [0.15, 0.2) is 6.61 Å². The van der Waals surface area contributed by atoms with E-state index in [1.165, 1.54) is 48.5 Å². The lowest BCUT2D eigenvalue weighted by Gasteiger charge is -2.14. The molecule has 0 bridgehead atoms. The molecule has 4 aromatic rings. The van der Waals surface area contributed by atoms with Gasteiger partial charge in [0.2, 0.25) is 11.2 Å². The average Bonchev–Trinajstić information content (AvgIpc) is 2.93. The fourth-order valence-corrected chi connectivity index (χ4v) is 3.69. The molecule has 3 aromatic carbocycles. The largest absolute Gasteiger partial charge is 0.484 e. The molecule has 0 radical (unpaired) electrons. The van der Waals surface area contributed by atoms with Crippen molar-refractivity contribution in [2.24, 2.45) is 0 Å². The van der Waals surface area contributed by atoms with Crippen molar-refractivity contribution < 1.29 is 41.4 Å². The van der Waals surface area contributed by atoms with E-state index in [-0.39, 0.29) is 23.5 Å². The van der Waals surface area contributed by atoms with E-state index in [4.69, 9.17) is 18.6 Å². The summed E-state index contributed by atoms with van der Waals surface area (Å²) in [5.74, 6) is -3.59. The van der Waals surface area contributed by atoms with Crippen LogP contribution >= 0.6 is 0 Å².